The van der Waals surface area contributed by atoms with Gasteiger partial charge in [-0.25, -0.2) is 0 Å². The number of nitrogens with zero attached hydrogens (tertiary/aromatic N) is 1. The zero-order chi connectivity index (χ0) is 10.3. The summed E-state index contributed by atoms with van der Waals surface area (Å²) in [5, 5.41) is 0.514. The Hall–Kier alpha value is -0.670. The van der Waals surface area contributed by atoms with Crippen molar-refractivity contribution in [3.8, 4) is 0 Å². The highest BCUT2D eigenvalue weighted by atomic mass is 79.9. The summed E-state index contributed by atoms with van der Waals surface area (Å²) in [4.78, 5) is 16.0. The Bertz CT molecular complexity index is 442. The molecule has 1 atom stereocenters. The summed E-state index contributed by atoms with van der Waals surface area (Å²) in [5.74, 6) is -0.110. The fourth-order valence-corrected chi connectivity index (χ4v) is 2.11. The topological polar surface area (TPSA) is 29.4 Å². The smallest absolute Gasteiger partial charge is 0.174 e. The van der Waals surface area contributed by atoms with Gasteiger partial charge >= 0.3 is 0 Å². The number of hydrogen-bond acceptors (Lipinski definition) is 2. The largest absolute Gasteiger partial charge is 0.293 e. The molecule has 0 saturated heterocycles. The third kappa shape index (κ3) is 1.41. The van der Waals surface area contributed by atoms with Gasteiger partial charge < -0.3 is 0 Å². The Labute approximate surface area is 95.1 Å². The quantitative estimate of drug-likeness (QED) is 0.709. The molecule has 1 unspecified atom stereocenters. The second-order valence-electron chi connectivity index (χ2n) is 3.18. The van der Waals surface area contributed by atoms with E-state index in [1.54, 1.807) is 18.3 Å². The van der Waals surface area contributed by atoms with E-state index in [0.29, 0.717) is 16.3 Å². The van der Waals surface area contributed by atoms with Crippen LogP contribution in [0.4, 0.5) is 5.69 Å². The zero-order valence-electron chi connectivity index (χ0n) is 7.42. The minimum Gasteiger partial charge on any atom is -0.293 e. The van der Waals surface area contributed by atoms with Crippen LogP contribution in [-0.4, -0.2) is 12.0 Å². The predicted octanol–water partition coefficient (Wildman–Crippen LogP) is 3.64. The van der Waals surface area contributed by atoms with Crippen molar-refractivity contribution in [2.45, 2.75) is 6.92 Å². The molecule has 0 saturated carbocycles. The molecule has 72 valence electrons. The first kappa shape index (κ1) is 9.87. The summed E-state index contributed by atoms with van der Waals surface area (Å²) in [6, 6.07) is 3.50. The normalized spacial score (nSPS) is 19.6. The van der Waals surface area contributed by atoms with Gasteiger partial charge in [-0.15, -0.1) is 0 Å². The van der Waals surface area contributed by atoms with E-state index in [0.717, 1.165) is 4.47 Å². The highest BCUT2D eigenvalue weighted by Crippen LogP contribution is 2.37. The number of carbonyl (C=O) groups is 1. The lowest BCUT2D eigenvalue weighted by Gasteiger charge is -2.15. The van der Waals surface area contributed by atoms with Gasteiger partial charge in [0, 0.05) is 10.7 Å². The van der Waals surface area contributed by atoms with Crippen LogP contribution in [0.3, 0.4) is 0 Å². The summed E-state index contributed by atoms with van der Waals surface area (Å²) in [7, 11) is 0. The fourth-order valence-electron chi connectivity index (χ4n) is 1.38. The van der Waals surface area contributed by atoms with E-state index in [2.05, 4.69) is 20.9 Å². The summed E-state index contributed by atoms with van der Waals surface area (Å²) >= 11 is 9.27. The molecule has 14 heavy (non-hydrogen) atoms. The van der Waals surface area contributed by atoms with Crippen molar-refractivity contribution in [3.05, 3.63) is 27.2 Å². The highest BCUT2D eigenvalue weighted by molar-refractivity contribution is 9.10. The first-order valence-corrected chi connectivity index (χ1v) is 5.34. The first-order chi connectivity index (χ1) is 6.61. The van der Waals surface area contributed by atoms with E-state index in [9.17, 15) is 4.79 Å². The molecular formula is C10H7BrClNO. The second-order valence-corrected chi connectivity index (χ2v) is 4.45. The molecule has 0 bridgehead atoms. The Morgan fingerprint density at radius 3 is 2.93 bits per heavy atom. The molecule has 1 aromatic carbocycles. The van der Waals surface area contributed by atoms with Crippen molar-refractivity contribution >= 4 is 45.2 Å². The van der Waals surface area contributed by atoms with Crippen LogP contribution in [0.5, 0.6) is 0 Å². The van der Waals surface area contributed by atoms with Gasteiger partial charge in [-0.1, -0.05) is 18.5 Å². The maximum absolute atomic E-state index is 11.8. The number of aliphatic imine (C=N–C) groups is 1. The van der Waals surface area contributed by atoms with Gasteiger partial charge in [0.2, 0.25) is 0 Å². The molecule has 1 aromatic rings. The predicted molar refractivity (Wildman–Crippen MR) is 60.8 cm³/mol. The maximum Gasteiger partial charge on any atom is 0.174 e. The Kier molecular flexibility index (Phi) is 2.45. The molecule has 2 rings (SSSR count). The van der Waals surface area contributed by atoms with Crippen LogP contribution in [-0.2, 0) is 0 Å². The first-order valence-electron chi connectivity index (χ1n) is 4.17. The summed E-state index contributed by atoms with van der Waals surface area (Å²) < 4.78 is 0.755. The van der Waals surface area contributed by atoms with Gasteiger partial charge in [0.05, 0.1) is 22.2 Å². The molecule has 2 nitrogen and oxygen atoms in total. The molecule has 0 radical (unpaired) electrons. The highest BCUT2D eigenvalue weighted by Gasteiger charge is 2.25. The number of Topliss-reactive ketones (excluding diaryl/α,β-unsaturated/α-hetero) is 1. The van der Waals surface area contributed by atoms with Gasteiger partial charge in [0.1, 0.15) is 0 Å². The SMILES string of the molecule is CC1C=Nc2c(Cl)ccc(Br)c2C1=O. The van der Waals surface area contributed by atoms with E-state index in [4.69, 9.17) is 11.6 Å². The number of benzene rings is 1. The summed E-state index contributed by atoms with van der Waals surface area (Å²) in [6.45, 7) is 1.82. The number of ketones is 1. The van der Waals surface area contributed by atoms with Gasteiger partial charge in [-0.2, -0.15) is 0 Å². The number of rotatable bonds is 0. The molecule has 0 spiro atoms. The second kappa shape index (κ2) is 3.48. The monoisotopic (exact) mass is 271 g/mol. The average molecular weight is 273 g/mol. The van der Waals surface area contributed by atoms with Crippen LogP contribution in [0, 0.1) is 5.92 Å². The molecule has 0 fully saturated rings. The molecule has 1 heterocycles. The van der Waals surface area contributed by atoms with Crippen LogP contribution < -0.4 is 0 Å². The maximum atomic E-state index is 11.8. The van der Waals surface area contributed by atoms with Crippen LogP contribution >= 0.6 is 27.5 Å². The lowest BCUT2D eigenvalue weighted by molar-refractivity contribution is 0.0961. The van der Waals surface area contributed by atoms with Crippen molar-refractivity contribution in [2.24, 2.45) is 10.9 Å². The number of halogens is 2. The van der Waals surface area contributed by atoms with Crippen molar-refractivity contribution in [3.63, 3.8) is 0 Å². The van der Waals surface area contributed by atoms with Gasteiger partial charge in [0.15, 0.2) is 5.78 Å². The Balaban J connectivity index is 2.73. The lowest BCUT2D eigenvalue weighted by atomic mass is 9.96. The zero-order valence-corrected chi connectivity index (χ0v) is 9.76. The van der Waals surface area contributed by atoms with E-state index < -0.39 is 0 Å². The molecule has 0 aromatic heterocycles. The molecule has 1 aliphatic rings. The van der Waals surface area contributed by atoms with Crippen molar-refractivity contribution < 1.29 is 4.79 Å². The minimum absolute atomic E-state index is 0.0596. The van der Waals surface area contributed by atoms with E-state index in [1.165, 1.54) is 0 Å². The number of carbonyl (C=O) groups excluding carboxylic acids is 1. The number of hydrogen-bond donors (Lipinski definition) is 0. The molecule has 0 amide bonds. The molecule has 0 N–H and O–H groups in total. The summed E-state index contributed by atoms with van der Waals surface area (Å²) in [5.41, 5.74) is 1.16. The van der Waals surface area contributed by atoms with Gasteiger partial charge in [-0.05, 0) is 28.1 Å². The van der Waals surface area contributed by atoms with Gasteiger partial charge in [-0.3, -0.25) is 9.79 Å². The molecular weight excluding hydrogens is 265 g/mol. The third-order valence-corrected chi connectivity index (χ3v) is 3.13. The van der Waals surface area contributed by atoms with E-state index >= 15 is 0 Å². The van der Waals surface area contributed by atoms with Crippen LogP contribution in [0.25, 0.3) is 0 Å². The van der Waals surface area contributed by atoms with Crippen molar-refractivity contribution in [2.75, 3.05) is 0 Å². The summed E-state index contributed by atoms with van der Waals surface area (Å²) in [6.07, 6.45) is 1.63. The average Bonchev–Trinajstić information content (AvgIpc) is 2.16. The van der Waals surface area contributed by atoms with E-state index in [1.807, 2.05) is 6.92 Å². The minimum atomic E-state index is -0.169. The Morgan fingerprint density at radius 1 is 1.50 bits per heavy atom. The van der Waals surface area contributed by atoms with Crippen molar-refractivity contribution in [1.29, 1.82) is 0 Å². The number of fused-ring (bicyclic) bond motifs is 1. The lowest BCUT2D eigenvalue weighted by Crippen LogP contribution is -2.16. The fraction of sp³-hybridized carbons (Fsp3) is 0.200. The molecule has 1 aliphatic heterocycles. The van der Waals surface area contributed by atoms with E-state index in [-0.39, 0.29) is 11.7 Å². The van der Waals surface area contributed by atoms with Crippen LogP contribution in [0.15, 0.2) is 21.6 Å². The van der Waals surface area contributed by atoms with Crippen LogP contribution in [0.2, 0.25) is 5.02 Å². The van der Waals surface area contributed by atoms with Gasteiger partial charge in [0.25, 0.3) is 0 Å². The van der Waals surface area contributed by atoms with Crippen LogP contribution in [0.1, 0.15) is 17.3 Å². The standard InChI is InChI=1S/C10H7BrClNO/c1-5-4-13-9-7(12)3-2-6(11)8(9)10(5)14/h2-5H,1H3. The third-order valence-electron chi connectivity index (χ3n) is 2.17. The molecule has 0 aliphatic carbocycles. The van der Waals surface area contributed by atoms with Crippen molar-refractivity contribution in [1.82, 2.24) is 0 Å². The Morgan fingerprint density at radius 2 is 2.21 bits per heavy atom. The molecule has 4 heteroatoms.